The highest BCUT2D eigenvalue weighted by atomic mass is 16.3. The summed E-state index contributed by atoms with van der Waals surface area (Å²) in [6.45, 7) is 5.14. The molecule has 2 aromatic rings. The predicted molar refractivity (Wildman–Crippen MR) is 79.0 cm³/mol. The van der Waals surface area contributed by atoms with Gasteiger partial charge in [-0.15, -0.1) is 0 Å². The van der Waals surface area contributed by atoms with Crippen molar-refractivity contribution in [3.05, 3.63) is 42.3 Å². The highest BCUT2D eigenvalue weighted by Gasteiger charge is 2.23. The van der Waals surface area contributed by atoms with E-state index in [0.717, 1.165) is 37.3 Å². The van der Waals surface area contributed by atoms with Crippen molar-refractivity contribution < 1.29 is 4.42 Å². The zero-order chi connectivity index (χ0) is 13.9. The molecule has 4 heteroatoms. The van der Waals surface area contributed by atoms with Crippen LogP contribution in [0.2, 0.25) is 0 Å². The lowest BCUT2D eigenvalue weighted by Gasteiger charge is -2.34. The minimum atomic E-state index is 0.337. The molecular weight excluding hydrogens is 250 g/mol. The SMILES string of the molecule is CC1CN(Cc2coc(-c3ccccc3)n2)CCC1N. The van der Waals surface area contributed by atoms with Crippen molar-refractivity contribution in [3.63, 3.8) is 0 Å². The molecule has 1 fully saturated rings. The molecule has 2 atom stereocenters. The molecule has 1 aliphatic heterocycles. The van der Waals surface area contributed by atoms with E-state index in [1.807, 2.05) is 30.3 Å². The largest absolute Gasteiger partial charge is 0.444 e. The Morgan fingerprint density at radius 3 is 2.90 bits per heavy atom. The lowest BCUT2D eigenvalue weighted by atomic mass is 9.95. The van der Waals surface area contributed by atoms with Crippen molar-refractivity contribution in [2.75, 3.05) is 13.1 Å². The molecule has 2 N–H and O–H groups in total. The molecule has 1 saturated heterocycles. The summed E-state index contributed by atoms with van der Waals surface area (Å²) < 4.78 is 5.58. The molecule has 1 aliphatic rings. The van der Waals surface area contributed by atoms with Crippen molar-refractivity contribution in [1.82, 2.24) is 9.88 Å². The fourth-order valence-electron chi connectivity index (χ4n) is 2.72. The molecule has 0 bridgehead atoms. The van der Waals surface area contributed by atoms with E-state index < -0.39 is 0 Å². The number of hydrogen-bond acceptors (Lipinski definition) is 4. The molecule has 106 valence electrons. The molecule has 0 radical (unpaired) electrons. The summed E-state index contributed by atoms with van der Waals surface area (Å²) >= 11 is 0. The number of nitrogens with zero attached hydrogens (tertiary/aromatic N) is 2. The standard InChI is InChI=1S/C16H21N3O/c1-12-9-19(8-7-15(12)17)10-14-11-20-16(18-14)13-5-3-2-4-6-13/h2-6,11-12,15H,7-10,17H2,1H3. The average Bonchev–Trinajstić information content (AvgIpc) is 2.92. The van der Waals surface area contributed by atoms with Gasteiger partial charge in [0.05, 0.1) is 5.69 Å². The van der Waals surface area contributed by atoms with Gasteiger partial charge in [-0.1, -0.05) is 25.1 Å². The molecule has 2 unspecified atom stereocenters. The van der Waals surface area contributed by atoms with Gasteiger partial charge in [-0.05, 0) is 24.5 Å². The maximum Gasteiger partial charge on any atom is 0.226 e. The van der Waals surface area contributed by atoms with E-state index in [2.05, 4.69) is 16.8 Å². The highest BCUT2D eigenvalue weighted by Crippen LogP contribution is 2.21. The van der Waals surface area contributed by atoms with Gasteiger partial charge in [0, 0.05) is 31.2 Å². The van der Waals surface area contributed by atoms with Crippen LogP contribution >= 0.6 is 0 Å². The quantitative estimate of drug-likeness (QED) is 0.932. The van der Waals surface area contributed by atoms with Gasteiger partial charge in [-0.2, -0.15) is 0 Å². The van der Waals surface area contributed by atoms with Crippen LogP contribution < -0.4 is 5.73 Å². The highest BCUT2D eigenvalue weighted by molar-refractivity contribution is 5.52. The van der Waals surface area contributed by atoms with Crippen molar-refractivity contribution in [2.45, 2.75) is 25.9 Å². The zero-order valence-electron chi connectivity index (χ0n) is 11.8. The Bertz CT molecular complexity index is 552. The van der Waals surface area contributed by atoms with Crippen LogP contribution in [0.4, 0.5) is 0 Å². The van der Waals surface area contributed by atoms with Gasteiger partial charge in [0.1, 0.15) is 6.26 Å². The average molecular weight is 271 g/mol. The molecule has 20 heavy (non-hydrogen) atoms. The maximum atomic E-state index is 6.05. The Balaban J connectivity index is 1.66. The second kappa shape index (κ2) is 5.77. The first-order valence-electron chi connectivity index (χ1n) is 7.20. The van der Waals surface area contributed by atoms with Crippen LogP contribution in [0, 0.1) is 5.92 Å². The van der Waals surface area contributed by atoms with Crippen LogP contribution in [0.3, 0.4) is 0 Å². The van der Waals surface area contributed by atoms with Gasteiger partial charge in [-0.25, -0.2) is 4.98 Å². The molecule has 0 saturated carbocycles. The third-order valence-electron chi connectivity index (χ3n) is 4.01. The molecule has 0 aliphatic carbocycles. The first kappa shape index (κ1) is 13.3. The van der Waals surface area contributed by atoms with Gasteiger partial charge in [0.15, 0.2) is 0 Å². The van der Waals surface area contributed by atoms with Crippen LogP contribution in [0.1, 0.15) is 19.0 Å². The van der Waals surface area contributed by atoms with E-state index in [1.165, 1.54) is 0 Å². The van der Waals surface area contributed by atoms with Crippen LogP contribution in [0.15, 0.2) is 41.0 Å². The number of likely N-dealkylation sites (tertiary alicyclic amines) is 1. The van der Waals surface area contributed by atoms with Crippen molar-refractivity contribution in [3.8, 4) is 11.5 Å². The summed E-state index contributed by atoms with van der Waals surface area (Å²) in [6.07, 6.45) is 2.83. The van der Waals surface area contributed by atoms with E-state index >= 15 is 0 Å². The Kier molecular flexibility index (Phi) is 3.85. The third-order valence-corrected chi connectivity index (χ3v) is 4.01. The van der Waals surface area contributed by atoms with Crippen LogP contribution in [-0.4, -0.2) is 29.0 Å². The van der Waals surface area contributed by atoms with E-state index in [1.54, 1.807) is 6.26 Å². The summed E-state index contributed by atoms with van der Waals surface area (Å²) in [7, 11) is 0. The minimum Gasteiger partial charge on any atom is -0.444 e. The zero-order valence-corrected chi connectivity index (χ0v) is 11.8. The lowest BCUT2D eigenvalue weighted by molar-refractivity contribution is 0.156. The van der Waals surface area contributed by atoms with Gasteiger partial charge in [0.2, 0.25) is 5.89 Å². The maximum absolute atomic E-state index is 6.05. The predicted octanol–water partition coefficient (Wildman–Crippen LogP) is 2.51. The smallest absolute Gasteiger partial charge is 0.226 e. The van der Waals surface area contributed by atoms with Crippen molar-refractivity contribution >= 4 is 0 Å². The summed E-state index contributed by atoms with van der Waals surface area (Å²) in [6, 6.07) is 10.3. The Morgan fingerprint density at radius 2 is 2.15 bits per heavy atom. The van der Waals surface area contributed by atoms with Crippen molar-refractivity contribution in [2.24, 2.45) is 11.7 Å². The summed E-state index contributed by atoms with van der Waals surface area (Å²) in [5.74, 6) is 1.24. The van der Waals surface area contributed by atoms with Crippen LogP contribution in [0.5, 0.6) is 0 Å². The molecule has 0 spiro atoms. The van der Waals surface area contributed by atoms with Gasteiger partial charge in [-0.3, -0.25) is 4.90 Å². The molecule has 4 nitrogen and oxygen atoms in total. The Hall–Kier alpha value is -1.65. The van der Waals surface area contributed by atoms with Gasteiger partial charge < -0.3 is 10.2 Å². The topological polar surface area (TPSA) is 55.3 Å². The van der Waals surface area contributed by atoms with E-state index in [9.17, 15) is 0 Å². The second-order valence-electron chi connectivity index (χ2n) is 5.67. The molecular formula is C16H21N3O. The number of benzene rings is 1. The summed E-state index contributed by atoms with van der Waals surface area (Å²) in [5.41, 5.74) is 8.07. The van der Waals surface area contributed by atoms with Crippen LogP contribution in [-0.2, 0) is 6.54 Å². The third kappa shape index (κ3) is 2.92. The second-order valence-corrected chi connectivity index (χ2v) is 5.67. The number of hydrogen-bond donors (Lipinski definition) is 1. The van der Waals surface area contributed by atoms with Gasteiger partial charge in [0.25, 0.3) is 0 Å². The Labute approximate surface area is 119 Å². The van der Waals surface area contributed by atoms with E-state index in [0.29, 0.717) is 17.9 Å². The number of rotatable bonds is 3. The molecule has 1 aromatic carbocycles. The number of oxazole rings is 1. The first-order valence-corrected chi connectivity index (χ1v) is 7.20. The van der Waals surface area contributed by atoms with Crippen LogP contribution in [0.25, 0.3) is 11.5 Å². The minimum absolute atomic E-state index is 0.337. The molecule has 3 rings (SSSR count). The van der Waals surface area contributed by atoms with E-state index in [4.69, 9.17) is 10.2 Å². The summed E-state index contributed by atoms with van der Waals surface area (Å²) in [4.78, 5) is 6.98. The van der Waals surface area contributed by atoms with Gasteiger partial charge >= 0.3 is 0 Å². The summed E-state index contributed by atoms with van der Waals surface area (Å²) in [5, 5.41) is 0. The fourth-order valence-corrected chi connectivity index (χ4v) is 2.72. The molecule has 2 heterocycles. The first-order chi connectivity index (χ1) is 9.72. The number of nitrogens with two attached hydrogens (primary N) is 1. The number of aromatic nitrogens is 1. The lowest BCUT2D eigenvalue weighted by Crippen LogP contribution is -2.45. The number of piperidine rings is 1. The van der Waals surface area contributed by atoms with E-state index in [-0.39, 0.29) is 0 Å². The monoisotopic (exact) mass is 271 g/mol. The molecule has 1 aromatic heterocycles. The van der Waals surface area contributed by atoms with Crippen molar-refractivity contribution in [1.29, 1.82) is 0 Å². The normalized spacial score (nSPS) is 23.9. The molecule has 0 amide bonds. The fraction of sp³-hybridized carbons (Fsp3) is 0.438. The Morgan fingerprint density at radius 1 is 1.35 bits per heavy atom.